The first-order valence-corrected chi connectivity index (χ1v) is 8.22. The Bertz CT molecular complexity index is 897. The first-order valence-electron chi connectivity index (χ1n) is 8.22. The fraction of sp³-hybridized carbons (Fsp3) is 0.438. The van der Waals surface area contributed by atoms with Crippen LogP contribution in [0.2, 0.25) is 0 Å². The summed E-state index contributed by atoms with van der Waals surface area (Å²) in [5.41, 5.74) is 8.42. The number of aromatic nitrogens is 4. The third-order valence-corrected chi connectivity index (χ3v) is 4.75. The lowest BCUT2D eigenvalue weighted by Crippen LogP contribution is -2.34. The predicted molar refractivity (Wildman–Crippen MR) is 105 cm³/mol. The molecule has 26 heavy (non-hydrogen) atoms. The number of fused-ring (bicyclic) bond motifs is 1. The van der Waals surface area contributed by atoms with Gasteiger partial charge in [-0.1, -0.05) is 0 Å². The second-order valence-electron chi connectivity index (χ2n) is 6.25. The van der Waals surface area contributed by atoms with Crippen molar-refractivity contribution in [3.05, 3.63) is 28.9 Å². The van der Waals surface area contributed by atoms with E-state index >= 15 is 0 Å². The standard InChI is InChI=1S/C16H20N6O2.2ClH/c17-4-1-10-2-5-22(6-3-10)14-8-11(15-20-21-16(23)24-15)7-13-12(14)9-18-19-13;;/h7-10H,1-6,17H2,(H,18,19)(H,21,23);2*1H. The third kappa shape index (κ3) is 3.87. The van der Waals surface area contributed by atoms with Gasteiger partial charge in [0.1, 0.15) is 0 Å². The van der Waals surface area contributed by atoms with Gasteiger partial charge in [0.2, 0.25) is 5.89 Å². The van der Waals surface area contributed by atoms with Gasteiger partial charge in [-0.25, -0.2) is 9.89 Å². The fourth-order valence-corrected chi connectivity index (χ4v) is 3.47. The summed E-state index contributed by atoms with van der Waals surface area (Å²) in [6.07, 6.45) is 5.20. The Balaban J connectivity index is 0.00000121. The average molecular weight is 401 g/mol. The molecule has 10 heteroatoms. The van der Waals surface area contributed by atoms with E-state index in [9.17, 15) is 4.79 Å². The van der Waals surface area contributed by atoms with E-state index in [4.69, 9.17) is 10.2 Å². The van der Waals surface area contributed by atoms with Crippen LogP contribution in [-0.2, 0) is 0 Å². The smallest absolute Gasteiger partial charge is 0.388 e. The summed E-state index contributed by atoms with van der Waals surface area (Å²) in [6.45, 7) is 2.72. The highest BCUT2D eigenvalue weighted by atomic mass is 35.5. The number of nitrogens with two attached hydrogens (primary N) is 1. The molecule has 3 aromatic rings. The molecule has 0 bridgehead atoms. The Morgan fingerprint density at radius 3 is 2.65 bits per heavy atom. The zero-order valence-corrected chi connectivity index (χ0v) is 15.7. The summed E-state index contributed by atoms with van der Waals surface area (Å²) < 4.78 is 5.10. The molecule has 3 heterocycles. The van der Waals surface area contributed by atoms with Gasteiger partial charge >= 0.3 is 5.76 Å². The fourth-order valence-electron chi connectivity index (χ4n) is 3.47. The van der Waals surface area contributed by atoms with Crippen LogP contribution in [0.5, 0.6) is 0 Å². The third-order valence-electron chi connectivity index (χ3n) is 4.75. The van der Waals surface area contributed by atoms with Crippen LogP contribution in [0.4, 0.5) is 5.69 Å². The maximum atomic E-state index is 11.2. The number of hydrogen-bond donors (Lipinski definition) is 3. The second kappa shape index (κ2) is 8.57. The van der Waals surface area contributed by atoms with E-state index in [1.54, 1.807) is 0 Å². The quantitative estimate of drug-likeness (QED) is 0.618. The van der Waals surface area contributed by atoms with Crippen LogP contribution in [0.25, 0.3) is 22.4 Å². The summed E-state index contributed by atoms with van der Waals surface area (Å²) in [6, 6.07) is 3.91. The molecule has 0 aliphatic carbocycles. The van der Waals surface area contributed by atoms with Crippen molar-refractivity contribution >= 4 is 41.4 Å². The minimum atomic E-state index is -0.557. The molecule has 1 aromatic carbocycles. The monoisotopic (exact) mass is 400 g/mol. The number of nitrogens with zero attached hydrogens (tertiary/aromatic N) is 3. The van der Waals surface area contributed by atoms with Gasteiger partial charge in [0, 0.05) is 29.7 Å². The summed E-state index contributed by atoms with van der Waals surface area (Å²) >= 11 is 0. The molecule has 1 aliphatic heterocycles. The Hall–Kier alpha value is -2.03. The van der Waals surface area contributed by atoms with Crippen LogP contribution in [0, 0.1) is 5.92 Å². The zero-order chi connectivity index (χ0) is 16.5. The molecular formula is C16H22Cl2N6O2. The molecule has 1 fully saturated rings. The molecule has 8 nitrogen and oxygen atoms in total. The number of piperidine rings is 1. The highest BCUT2D eigenvalue weighted by Gasteiger charge is 2.22. The minimum Gasteiger partial charge on any atom is -0.388 e. The summed E-state index contributed by atoms with van der Waals surface area (Å²) in [5, 5.41) is 14.4. The largest absolute Gasteiger partial charge is 0.434 e. The van der Waals surface area contributed by atoms with Gasteiger partial charge in [-0.15, -0.1) is 29.9 Å². The molecule has 1 saturated heterocycles. The first kappa shape index (κ1) is 20.3. The van der Waals surface area contributed by atoms with Crippen molar-refractivity contribution < 1.29 is 4.42 Å². The Kier molecular flexibility index (Phi) is 6.69. The van der Waals surface area contributed by atoms with Crippen LogP contribution >= 0.6 is 24.8 Å². The number of rotatable bonds is 4. The number of nitrogens with one attached hydrogen (secondary N) is 2. The van der Waals surface area contributed by atoms with Crippen LogP contribution in [0.15, 0.2) is 27.5 Å². The SMILES string of the molecule is Cl.Cl.NCCC1CCN(c2cc(-c3n[nH]c(=O)o3)cc3[nH]ncc23)CC1. The van der Waals surface area contributed by atoms with Crippen LogP contribution < -0.4 is 16.4 Å². The lowest BCUT2D eigenvalue weighted by atomic mass is 9.93. The Morgan fingerprint density at radius 1 is 1.23 bits per heavy atom. The van der Waals surface area contributed by atoms with Crippen molar-refractivity contribution in [3.8, 4) is 11.5 Å². The maximum Gasteiger partial charge on any atom is 0.434 e. The lowest BCUT2D eigenvalue weighted by molar-refractivity contribution is 0.387. The molecule has 0 amide bonds. The summed E-state index contributed by atoms with van der Waals surface area (Å²) in [5.74, 6) is 0.438. The van der Waals surface area contributed by atoms with Gasteiger partial charge in [0.25, 0.3) is 0 Å². The molecule has 0 unspecified atom stereocenters. The zero-order valence-electron chi connectivity index (χ0n) is 14.1. The number of H-pyrrole nitrogens is 2. The van der Waals surface area contributed by atoms with Crippen LogP contribution in [-0.4, -0.2) is 40.0 Å². The Labute approximate surface area is 162 Å². The molecule has 142 valence electrons. The van der Waals surface area contributed by atoms with Crippen LogP contribution in [0.3, 0.4) is 0 Å². The van der Waals surface area contributed by atoms with Gasteiger partial charge in [-0.05, 0) is 43.9 Å². The number of halogens is 2. The van der Waals surface area contributed by atoms with E-state index in [-0.39, 0.29) is 30.7 Å². The summed E-state index contributed by atoms with van der Waals surface area (Å²) in [4.78, 5) is 13.6. The van der Waals surface area contributed by atoms with Crippen molar-refractivity contribution in [2.45, 2.75) is 19.3 Å². The molecule has 0 saturated carbocycles. The number of anilines is 1. The van der Waals surface area contributed by atoms with Crippen LogP contribution in [0.1, 0.15) is 19.3 Å². The van der Waals surface area contributed by atoms with Crippen molar-refractivity contribution in [2.24, 2.45) is 11.7 Å². The van der Waals surface area contributed by atoms with E-state index in [1.165, 1.54) is 0 Å². The van der Waals surface area contributed by atoms with Crippen molar-refractivity contribution in [1.29, 1.82) is 0 Å². The minimum absolute atomic E-state index is 0. The lowest BCUT2D eigenvalue weighted by Gasteiger charge is -2.34. The average Bonchev–Trinajstić information content (AvgIpc) is 3.23. The molecular weight excluding hydrogens is 379 g/mol. The molecule has 0 atom stereocenters. The van der Waals surface area contributed by atoms with Crippen molar-refractivity contribution in [3.63, 3.8) is 0 Å². The number of hydrogen-bond acceptors (Lipinski definition) is 6. The van der Waals surface area contributed by atoms with Crippen molar-refractivity contribution in [1.82, 2.24) is 20.4 Å². The Morgan fingerprint density at radius 2 is 2.00 bits per heavy atom. The van der Waals surface area contributed by atoms with E-state index < -0.39 is 5.76 Å². The van der Waals surface area contributed by atoms with E-state index in [0.29, 0.717) is 5.92 Å². The van der Waals surface area contributed by atoms with Gasteiger partial charge in [-0.2, -0.15) is 5.10 Å². The van der Waals surface area contributed by atoms with E-state index in [0.717, 1.165) is 61.1 Å². The number of aromatic amines is 2. The highest BCUT2D eigenvalue weighted by Crippen LogP contribution is 2.34. The number of benzene rings is 1. The molecule has 1 aliphatic rings. The van der Waals surface area contributed by atoms with Gasteiger partial charge in [0.05, 0.1) is 11.7 Å². The van der Waals surface area contributed by atoms with Crippen molar-refractivity contribution in [2.75, 3.05) is 24.5 Å². The molecule has 2 aromatic heterocycles. The van der Waals surface area contributed by atoms with Gasteiger partial charge in [-0.3, -0.25) is 5.10 Å². The molecule has 4 N–H and O–H groups in total. The predicted octanol–water partition coefficient (Wildman–Crippen LogP) is 2.32. The topological polar surface area (TPSA) is 117 Å². The highest BCUT2D eigenvalue weighted by molar-refractivity contribution is 5.95. The van der Waals surface area contributed by atoms with E-state index in [2.05, 4.69) is 25.3 Å². The second-order valence-corrected chi connectivity index (χ2v) is 6.25. The van der Waals surface area contributed by atoms with E-state index in [1.807, 2.05) is 18.3 Å². The van der Waals surface area contributed by atoms with Gasteiger partial charge < -0.3 is 15.1 Å². The molecule has 0 spiro atoms. The van der Waals surface area contributed by atoms with Gasteiger partial charge in [0.15, 0.2) is 0 Å². The maximum absolute atomic E-state index is 11.2. The summed E-state index contributed by atoms with van der Waals surface area (Å²) in [7, 11) is 0. The molecule has 0 radical (unpaired) electrons. The first-order chi connectivity index (χ1) is 11.7. The normalized spacial score (nSPS) is 14.9. The molecule has 4 rings (SSSR count).